The summed E-state index contributed by atoms with van der Waals surface area (Å²) in [5.74, 6) is 3.04. The number of carbonyl (C=O) groups excluding carboxylic acids is 6. The van der Waals surface area contributed by atoms with E-state index in [9.17, 15) is 49.0 Å². The number of nitro benzene ring substituents is 2. The van der Waals surface area contributed by atoms with Gasteiger partial charge in [-0.15, -0.1) is 0 Å². The molecule has 0 radical (unpaired) electrons. The Morgan fingerprint density at radius 3 is 1.33 bits per heavy atom. The molecule has 11 rings (SSSR count). The number of benzene rings is 5. The van der Waals surface area contributed by atoms with E-state index in [0.29, 0.717) is 123 Å². The number of nitrogens with one attached hydrogen (secondary N) is 2. The minimum atomic E-state index is -0.810. The molecule has 92 heavy (non-hydrogen) atoms. The van der Waals surface area contributed by atoms with E-state index in [1.54, 1.807) is 46.5 Å². The standard InChI is InChI=1S/2C30H35ClN4O4.C6H5N3O5/c2*1-4-39-27-14-26-22(24(15-32-26)28(36)30(38)33-11-7-8-12-33)13-23(27)29(37)35-17-19(2)34(16-20(35)3)18-21-9-5-6-10-25(21)31;7-14-6-2-1-4(8(10)11)3-5(6)9(12)13/h2*5-6,9-10,13-15,19-20,32H,4,7-8,11-12,16-18H2,1-3H3;1-3H,7H2/t2*19-,20+;/m00./s1. The lowest BCUT2D eigenvalue weighted by Gasteiger charge is -2.44. The minimum absolute atomic E-state index is 0.0505. The first kappa shape index (κ1) is 67.5. The summed E-state index contributed by atoms with van der Waals surface area (Å²) in [6.45, 7) is 19.1. The fourth-order valence-corrected chi connectivity index (χ4v) is 12.6. The number of aromatic amines is 2. The number of ketones is 2. The Labute approximate surface area is 541 Å². The van der Waals surface area contributed by atoms with Gasteiger partial charge in [-0.3, -0.25) is 58.8 Å². The first-order valence-electron chi connectivity index (χ1n) is 30.7. The lowest BCUT2D eigenvalue weighted by atomic mass is 10.0. The third-order valence-electron chi connectivity index (χ3n) is 17.2. The monoisotopic (exact) mass is 1300 g/mol. The maximum absolute atomic E-state index is 14.0. The number of hydrogen-bond donors (Lipinski definition) is 3. The van der Waals surface area contributed by atoms with Crippen molar-refractivity contribution in [3.8, 4) is 17.2 Å². The van der Waals surface area contributed by atoms with Crippen molar-refractivity contribution >= 4 is 91.6 Å². The van der Waals surface area contributed by atoms with E-state index < -0.39 is 44.6 Å². The third-order valence-corrected chi connectivity index (χ3v) is 17.9. The van der Waals surface area contributed by atoms with Gasteiger partial charge in [0.05, 0.1) is 51.4 Å². The highest BCUT2D eigenvalue weighted by Crippen LogP contribution is 2.35. The van der Waals surface area contributed by atoms with E-state index >= 15 is 0 Å². The summed E-state index contributed by atoms with van der Waals surface area (Å²) in [5.41, 5.74) is 3.85. The molecule has 7 aromatic rings. The molecule has 4 aliphatic rings. The number of amides is 4. The molecule has 6 heterocycles. The number of Topliss-reactive ketones (excluding diaryl/α,β-unsaturated/α-hetero) is 2. The van der Waals surface area contributed by atoms with E-state index in [2.05, 4.69) is 38.5 Å². The Bertz CT molecular complexity index is 3710. The van der Waals surface area contributed by atoms with E-state index in [1.165, 1.54) is 0 Å². The number of piperazine rings is 2. The summed E-state index contributed by atoms with van der Waals surface area (Å²) in [5, 5.41) is 23.3. The molecule has 4 atom stereocenters. The van der Waals surface area contributed by atoms with Gasteiger partial charge in [-0.1, -0.05) is 59.6 Å². The van der Waals surface area contributed by atoms with Crippen LogP contribution in [0.1, 0.15) is 120 Å². The molecule has 4 amide bonds. The molecule has 2 aromatic heterocycles. The second kappa shape index (κ2) is 30.0. The van der Waals surface area contributed by atoms with Crippen molar-refractivity contribution in [2.24, 2.45) is 5.90 Å². The number of fused-ring (bicyclic) bond motifs is 2. The fraction of sp³-hybridized carbons (Fsp3) is 0.394. The second-order valence-corrected chi connectivity index (χ2v) is 24.2. The summed E-state index contributed by atoms with van der Waals surface area (Å²) in [4.78, 5) is 121. The molecular weight excluding hydrogens is 1230 g/mol. The number of nitrogens with zero attached hydrogens (tertiary/aromatic N) is 8. The number of nitro groups is 2. The highest BCUT2D eigenvalue weighted by Gasteiger charge is 2.37. The van der Waals surface area contributed by atoms with Gasteiger partial charge in [-0.2, -0.15) is 5.90 Å². The zero-order valence-corrected chi connectivity index (χ0v) is 53.7. The van der Waals surface area contributed by atoms with Gasteiger partial charge >= 0.3 is 5.69 Å². The molecule has 4 N–H and O–H groups in total. The number of ether oxygens (including phenoxy) is 2. The van der Waals surface area contributed by atoms with Gasteiger partial charge in [0.2, 0.25) is 5.75 Å². The molecule has 4 fully saturated rings. The largest absolute Gasteiger partial charge is 0.493 e. The molecule has 4 saturated heterocycles. The molecule has 0 aliphatic carbocycles. The predicted molar refractivity (Wildman–Crippen MR) is 347 cm³/mol. The molecule has 0 bridgehead atoms. The number of hydrogen-bond acceptors (Lipinski definition) is 16. The Morgan fingerprint density at radius 1 is 0.543 bits per heavy atom. The van der Waals surface area contributed by atoms with Crippen LogP contribution in [0.2, 0.25) is 10.0 Å². The number of non-ortho nitro benzene ring substituents is 1. The normalized spacial score (nSPS) is 18.4. The van der Waals surface area contributed by atoms with Crippen molar-refractivity contribution in [2.45, 2.75) is 104 Å². The lowest BCUT2D eigenvalue weighted by Crippen LogP contribution is -2.57. The second-order valence-electron chi connectivity index (χ2n) is 23.4. The van der Waals surface area contributed by atoms with Gasteiger partial charge < -0.3 is 43.9 Å². The minimum Gasteiger partial charge on any atom is -0.493 e. The number of likely N-dealkylation sites (tertiary alicyclic amines) is 2. The summed E-state index contributed by atoms with van der Waals surface area (Å²) >= 11 is 12.8. The molecular formula is C66H75Cl2N11O13. The Hall–Kier alpha value is -8.94. The molecule has 0 spiro atoms. The van der Waals surface area contributed by atoms with E-state index in [0.717, 1.165) is 65.1 Å². The van der Waals surface area contributed by atoms with E-state index in [4.69, 9.17) is 38.6 Å². The highest BCUT2D eigenvalue weighted by atomic mass is 35.5. The van der Waals surface area contributed by atoms with Crippen LogP contribution in [0.4, 0.5) is 11.4 Å². The zero-order chi connectivity index (χ0) is 66.1. The van der Waals surface area contributed by atoms with Gasteiger partial charge in [0.1, 0.15) is 11.5 Å². The van der Waals surface area contributed by atoms with Crippen LogP contribution in [-0.4, -0.2) is 174 Å². The number of halogens is 2. The van der Waals surface area contributed by atoms with Gasteiger partial charge in [-0.05, 0) is 109 Å². The maximum atomic E-state index is 14.0. The SMILES string of the molecule is CCOc1cc2[nH]cc(C(=O)C(=O)N3CCCC3)c2cc1C(=O)N1C[C@H](C)N(Cc2ccccc2Cl)C[C@H]1C.CCOc1cc2[nH]cc(C(=O)C(=O)N3CCCC3)c2cc1C(=O)N1C[C@H](C)N(Cc2ccccc2Cl)C[C@H]1C.NOc1ccc([N+](=O)[O-])cc1[N+](=O)[O-]. The highest BCUT2D eigenvalue weighted by molar-refractivity contribution is 6.45. The van der Waals surface area contributed by atoms with Crippen molar-refractivity contribution < 1.29 is 52.9 Å². The molecule has 5 aromatic carbocycles. The first-order valence-corrected chi connectivity index (χ1v) is 31.5. The maximum Gasteiger partial charge on any atom is 0.320 e. The smallest absolute Gasteiger partial charge is 0.320 e. The summed E-state index contributed by atoms with van der Waals surface area (Å²) < 4.78 is 11.8. The summed E-state index contributed by atoms with van der Waals surface area (Å²) in [6.07, 6.45) is 6.75. The summed E-state index contributed by atoms with van der Waals surface area (Å²) in [7, 11) is 0. The Kier molecular flexibility index (Phi) is 22.0. The molecule has 24 nitrogen and oxygen atoms in total. The predicted octanol–water partition coefficient (Wildman–Crippen LogP) is 10.3. The third kappa shape index (κ3) is 15.0. The number of carbonyl (C=O) groups is 6. The Morgan fingerprint density at radius 2 is 0.957 bits per heavy atom. The average Bonchev–Trinajstić information content (AvgIpc) is 1.50. The Balaban J connectivity index is 0.000000180. The van der Waals surface area contributed by atoms with Crippen molar-refractivity contribution in [3.63, 3.8) is 0 Å². The molecule has 0 saturated carbocycles. The molecule has 4 aliphatic heterocycles. The van der Waals surface area contributed by atoms with Crippen LogP contribution in [0.3, 0.4) is 0 Å². The zero-order valence-electron chi connectivity index (χ0n) is 52.2. The van der Waals surface area contributed by atoms with Crippen molar-refractivity contribution in [2.75, 3.05) is 65.6 Å². The van der Waals surface area contributed by atoms with Gasteiger partial charge in [0.25, 0.3) is 40.9 Å². The van der Waals surface area contributed by atoms with Gasteiger partial charge in [0.15, 0.2) is 0 Å². The lowest BCUT2D eigenvalue weighted by molar-refractivity contribution is -0.394. The van der Waals surface area contributed by atoms with Crippen LogP contribution < -0.4 is 20.2 Å². The van der Waals surface area contributed by atoms with Crippen LogP contribution in [0.15, 0.2) is 103 Å². The fourth-order valence-electron chi connectivity index (χ4n) is 12.2. The van der Waals surface area contributed by atoms with Gasteiger partial charge in [0, 0.05) is 152 Å². The van der Waals surface area contributed by atoms with Crippen LogP contribution in [0.5, 0.6) is 17.2 Å². The number of aromatic nitrogens is 2. The molecule has 0 unspecified atom stereocenters. The van der Waals surface area contributed by atoms with Crippen LogP contribution in [0, 0.1) is 20.2 Å². The van der Waals surface area contributed by atoms with Crippen LogP contribution in [-0.2, 0) is 22.7 Å². The average molecular weight is 1300 g/mol. The topological polar surface area (TPSA) is 293 Å². The first-order chi connectivity index (χ1) is 44.1. The van der Waals surface area contributed by atoms with Gasteiger partial charge in [-0.25, -0.2) is 0 Å². The van der Waals surface area contributed by atoms with Crippen molar-refractivity contribution in [1.29, 1.82) is 0 Å². The van der Waals surface area contributed by atoms with Crippen molar-refractivity contribution in [3.05, 3.63) is 167 Å². The van der Waals surface area contributed by atoms with E-state index in [1.807, 2.05) is 86.0 Å². The van der Waals surface area contributed by atoms with E-state index in [-0.39, 0.29) is 52.9 Å². The summed E-state index contributed by atoms with van der Waals surface area (Å²) in [6, 6.07) is 25.6. The molecule has 26 heteroatoms. The quantitative estimate of drug-likeness (QED) is 0.0330. The molecule has 486 valence electrons. The van der Waals surface area contributed by atoms with Crippen molar-refractivity contribution in [1.82, 2.24) is 39.4 Å². The van der Waals surface area contributed by atoms with Crippen LogP contribution >= 0.6 is 23.2 Å². The number of H-pyrrole nitrogens is 2. The number of rotatable bonds is 17. The van der Waals surface area contributed by atoms with Crippen LogP contribution in [0.25, 0.3) is 21.8 Å². The number of nitrogens with two attached hydrogens (primary N) is 1.